The molecule has 5 heterocycles. The van der Waals surface area contributed by atoms with Crippen molar-refractivity contribution in [1.29, 1.82) is 0 Å². The Morgan fingerprint density at radius 3 is 2.82 bits per heavy atom. The Hall–Kier alpha value is -3.04. The molecule has 5 rings (SSSR count). The summed E-state index contributed by atoms with van der Waals surface area (Å²) >= 11 is 1.45. The topological polar surface area (TPSA) is 175 Å². The van der Waals surface area contributed by atoms with E-state index in [2.05, 4.69) is 31.4 Å². The molecule has 38 heavy (non-hydrogen) atoms. The average molecular weight is 548 g/mol. The van der Waals surface area contributed by atoms with Crippen molar-refractivity contribution in [3.05, 3.63) is 16.9 Å². The Balaban J connectivity index is 1.22. The number of tetrazole rings is 1. The van der Waals surface area contributed by atoms with E-state index in [9.17, 15) is 24.3 Å². The van der Waals surface area contributed by atoms with Crippen LogP contribution in [0.4, 0.5) is 0 Å². The Bertz CT molecular complexity index is 1140. The molecule has 7 atom stereocenters. The molecule has 0 bridgehead atoms. The third-order valence-electron chi connectivity index (χ3n) is 7.90. The summed E-state index contributed by atoms with van der Waals surface area (Å²) in [5.74, 6) is -2.29. The molecule has 206 valence electrons. The van der Waals surface area contributed by atoms with Crippen LogP contribution in [-0.4, -0.2) is 115 Å². The molecule has 0 unspecified atom stereocenters. The minimum atomic E-state index is -1.14. The number of fused-ring (bicyclic) bond motifs is 1. The van der Waals surface area contributed by atoms with Gasteiger partial charge in [-0.3, -0.25) is 14.4 Å². The molecular weight excluding hydrogens is 514 g/mol. The molecule has 0 aromatic carbocycles. The van der Waals surface area contributed by atoms with Gasteiger partial charge in [-0.25, -0.2) is 4.79 Å². The maximum Gasteiger partial charge on any atom is 0.353 e. The van der Waals surface area contributed by atoms with E-state index in [1.807, 2.05) is 11.8 Å². The van der Waals surface area contributed by atoms with Gasteiger partial charge < -0.3 is 30.9 Å². The van der Waals surface area contributed by atoms with Gasteiger partial charge in [-0.15, -0.1) is 22.0 Å². The normalized spacial score (nSPS) is 31.4. The van der Waals surface area contributed by atoms with Gasteiger partial charge in [-0.2, -0.15) is 4.80 Å². The predicted octanol–water partition coefficient (Wildman–Crippen LogP) is -1.59. The number of likely N-dealkylation sites (tertiary alicyclic amines) is 1. The van der Waals surface area contributed by atoms with Crippen LogP contribution in [0.5, 0.6) is 0 Å². The largest absolute Gasteiger partial charge is 0.477 e. The molecule has 0 saturated carbocycles. The van der Waals surface area contributed by atoms with E-state index in [1.54, 1.807) is 18.8 Å². The van der Waals surface area contributed by atoms with Crippen molar-refractivity contribution < 1.29 is 24.3 Å². The lowest BCUT2D eigenvalue weighted by Gasteiger charge is -2.47. The number of hydrogen-bond acceptors (Lipinski definition) is 10. The summed E-state index contributed by atoms with van der Waals surface area (Å²) in [7, 11) is 1.67. The second kappa shape index (κ2) is 10.6. The molecule has 3 saturated heterocycles. The number of amides is 3. The van der Waals surface area contributed by atoms with Gasteiger partial charge in [0.25, 0.3) is 0 Å². The minimum absolute atomic E-state index is 0.00820. The van der Waals surface area contributed by atoms with Gasteiger partial charge in [0.1, 0.15) is 5.70 Å². The summed E-state index contributed by atoms with van der Waals surface area (Å²) in [4.78, 5) is 55.9. The smallest absolute Gasteiger partial charge is 0.353 e. The van der Waals surface area contributed by atoms with Gasteiger partial charge in [-0.1, -0.05) is 6.92 Å². The molecule has 4 aliphatic rings. The molecule has 3 amide bonds. The van der Waals surface area contributed by atoms with Crippen LogP contribution in [-0.2, 0) is 19.2 Å². The van der Waals surface area contributed by atoms with Crippen LogP contribution in [0.1, 0.15) is 32.7 Å². The van der Waals surface area contributed by atoms with Crippen LogP contribution in [0, 0.1) is 11.8 Å². The number of aromatic nitrogens is 4. The van der Waals surface area contributed by atoms with E-state index >= 15 is 0 Å². The fourth-order valence-electron chi connectivity index (χ4n) is 6.11. The number of thioether (sulfide) groups is 1. The number of nitrogens with zero attached hydrogens (tertiary/aromatic N) is 6. The first-order valence-corrected chi connectivity index (χ1v) is 13.7. The van der Waals surface area contributed by atoms with Crippen LogP contribution < -0.4 is 16.0 Å². The Morgan fingerprint density at radius 1 is 1.34 bits per heavy atom. The highest BCUT2D eigenvalue weighted by atomic mass is 32.2. The van der Waals surface area contributed by atoms with E-state index in [0.717, 1.165) is 6.42 Å². The van der Waals surface area contributed by atoms with E-state index < -0.39 is 17.9 Å². The summed E-state index contributed by atoms with van der Waals surface area (Å²) in [6.45, 7) is 5.56. The van der Waals surface area contributed by atoms with Crippen LogP contribution in [0.2, 0.25) is 0 Å². The first-order chi connectivity index (χ1) is 18.2. The Labute approximate surface area is 223 Å². The average Bonchev–Trinajstić information content (AvgIpc) is 3.66. The number of carboxylic acids is 1. The highest BCUT2D eigenvalue weighted by Gasteiger charge is 2.60. The van der Waals surface area contributed by atoms with Crippen molar-refractivity contribution in [3.63, 3.8) is 0 Å². The summed E-state index contributed by atoms with van der Waals surface area (Å²) in [6, 6.07) is -1.08. The quantitative estimate of drug-likeness (QED) is 0.262. The van der Waals surface area contributed by atoms with E-state index in [1.165, 1.54) is 23.0 Å². The molecule has 0 spiro atoms. The van der Waals surface area contributed by atoms with Crippen molar-refractivity contribution in [2.24, 2.45) is 11.8 Å². The molecule has 3 fully saturated rings. The molecule has 0 aliphatic carbocycles. The molecule has 0 radical (unpaired) electrons. The fourth-order valence-corrected chi connectivity index (χ4v) is 7.58. The summed E-state index contributed by atoms with van der Waals surface area (Å²) in [5, 5.41) is 30.7. The van der Waals surface area contributed by atoms with Crippen LogP contribution in [0.25, 0.3) is 0 Å². The van der Waals surface area contributed by atoms with Gasteiger partial charge in [-0.05, 0) is 32.0 Å². The number of likely N-dealkylation sites (N-methyl/N-ethyl adjacent to an activating group) is 1. The molecule has 1 aromatic rings. The third kappa shape index (κ3) is 4.66. The Kier molecular flexibility index (Phi) is 7.42. The zero-order valence-electron chi connectivity index (χ0n) is 21.5. The second-order valence-corrected chi connectivity index (χ2v) is 11.7. The Morgan fingerprint density at radius 2 is 2.13 bits per heavy atom. The zero-order chi connectivity index (χ0) is 27.1. The number of hydrogen-bond donors (Lipinski definition) is 4. The van der Waals surface area contributed by atoms with Gasteiger partial charge in [0.2, 0.25) is 17.7 Å². The first kappa shape index (κ1) is 26.6. The van der Waals surface area contributed by atoms with Crippen molar-refractivity contribution >= 4 is 35.5 Å². The zero-order valence-corrected chi connectivity index (χ0v) is 22.3. The molecule has 15 heteroatoms. The highest BCUT2D eigenvalue weighted by molar-refractivity contribution is 8.03. The standard InChI is InChI=1S/C23H33N9O5S/c1-11-18-17(12(2)28-16(33)8-24-3)22(35)31(18)19(23(36)37)20(11)38-14-6-15(25-7-14)21(34)30-5-4-13(9-30)32-27-10-26-29-32/h10-15,17-18,24-25H,4-9H2,1-3H3,(H,28,33)(H,36,37)/t11-,12-,13+,14+,15+,17-,18-/m1/s1. The van der Waals surface area contributed by atoms with Gasteiger partial charge >= 0.3 is 5.97 Å². The maximum atomic E-state index is 13.2. The SMILES string of the molecule is CNCC(=O)N[C@H](C)[C@H]1C(=O)N2C(C(=O)O)=C(S[C@@H]3CN[C@H](C(=O)N4CC[C@H](n5ncnn5)C4)C3)[C@H](C)[C@H]12. The lowest BCUT2D eigenvalue weighted by atomic mass is 9.78. The number of rotatable bonds is 9. The number of carboxylic acid groups (broad SMARTS) is 1. The number of carbonyl (C=O) groups is 4. The lowest BCUT2D eigenvalue weighted by Crippen LogP contribution is -2.66. The summed E-state index contributed by atoms with van der Waals surface area (Å²) in [5.41, 5.74) is 0.0278. The van der Waals surface area contributed by atoms with E-state index in [-0.39, 0.29) is 59.3 Å². The van der Waals surface area contributed by atoms with Crippen molar-refractivity contribution in [2.45, 2.75) is 56.1 Å². The summed E-state index contributed by atoms with van der Waals surface area (Å²) < 4.78 is 0. The predicted molar refractivity (Wildman–Crippen MR) is 135 cm³/mol. The van der Waals surface area contributed by atoms with Crippen molar-refractivity contribution in [2.75, 3.05) is 33.2 Å². The minimum Gasteiger partial charge on any atom is -0.477 e. The molecular formula is C23H33N9O5S. The number of carbonyl (C=O) groups excluding carboxylic acids is 3. The van der Waals surface area contributed by atoms with Crippen LogP contribution in [0.3, 0.4) is 0 Å². The lowest BCUT2D eigenvalue weighted by molar-refractivity contribution is -0.158. The van der Waals surface area contributed by atoms with Crippen molar-refractivity contribution in [3.8, 4) is 0 Å². The molecule has 1 aromatic heterocycles. The van der Waals surface area contributed by atoms with E-state index in [4.69, 9.17) is 0 Å². The monoisotopic (exact) mass is 547 g/mol. The van der Waals surface area contributed by atoms with Gasteiger partial charge in [0.05, 0.1) is 30.6 Å². The molecule has 4 N–H and O–H groups in total. The van der Waals surface area contributed by atoms with Gasteiger partial charge in [0.15, 0.2) is 6.33 Å². The maximum absolute atomic E-state index is 13.2. The molecule has 4 aliphatic heterocycles. The number of nitrogens with one attached hydrogen (secondary N) is 3. The van der Waals surface area contributed by atoms with Gasteiger partial charge in [0, 0.05) is 41.7 Å². The fraction of sp³-hybridized carbons (Fsp3) is 0.696. The number of aliphatic carboxylic acids is 1. The van der Waals surface area contributed by atoms with Crippen molar-refractivity contribution in [1.82, 2.24) is 46.0 Å². The number of β-lactam (4-membered cyclic amide) rings is 1. The van der Waals surface area contributed by atoms with Crippen LogP contribution in [0.15, 0.2) is 16.9 Å². The first-order valence-electron chi connectivity index (χ1n) is 12.9. The molecule has 14 nitrogen and oxygen atoms in total. The summed E-state index contributed by atoms with van der Waals surface area (Å²) in [6.07, 6.45) is 2.71. The second-order valence-electron chi connectivity index (χ2n) is 10.3. The third-order valence-corrected chi connectivity index (χ3v) is 9.42. The van der Waals surface area contributed by atoms with Crippen LogP contribution >= 0.6 is 11.8 Å². The highest BCUT2D eigenvalue weighted by Crippen LogP contribution is 2.51. The van der Waals surface area contributed by atoms with E-state index in [0.29, 0.717) is 31.0 Å².